The third-order valence-corrected chi connectivity index (χ3v) is 3.09. The van der Waals surface area contributed by atoms with Crippen LogP contribution in [0.15, 0.2) is 48.5 Å². The SMILES string of the molecule is COCCOc1ccccc1CNc1ccccc1OC. The van der Waals surface area contributed by atoms with E-state index in [1.165, 1.54) is 0 Å². The van der Waals surface area contributed by atoms with Gasteiger partial charge >= 0.3 is 0 Å². The molecule has 2 aromatic rings. The van der Waals surface area contributed by atoms with Crippen LogP contribution < -0.4 is 14.8 Å². The summed E-state index contributed by atoms with van der Waals surface area (Å²) in [5.41, 5.74) is 2.06. The van der Waals surface area contributed by atoms with Crippen LogP contribution in [0.4, 0.5) is 5.69 Å². The Morgan fingerprint density at radius 3 is 2.33 bits per heavy atom. The Labute approximate surface area is 125 Å². The van der Waals surface area contributed by atoms with Crippen molar-refractivity contribution in [2.75, 3.05) is 32.8 Å². The van der Waals surface area contributed by atoms with Crippen molar-refractivity contribution in [2.45, 2.75) is 6.54 Å². The lowest BCUT2D eigenvalue weighted by atomic mass is 10.2. The number of para-hydroxylation sites is 3. The monoisotopic (exact) mass is 287 g/mol. The number of hydrogen-bond donors (Lipinski definition) is 1. The number of nitrogens with one attached hydrogen (secondary N) is 1. The van der Waals surface area contributed by atoms with Gasteiger partial charge in [0.2, 0.25) is 0 Å². The van der Waals surface area contributed by atoms with Gasteiger partial charge in [0, 0.05) is 19.2 Å². The fourth-order valence-electron chi connectivity index (χ4n) is 2.01. The second-order valence-electron chi connectivity index (χ2n) is 4.50. The van der Waals surface area contributed by atoms with Crippen molar-refractivity contribution < 1.29 is 14.2 Å². The Balaban J connectivity index is 2.02. The highest BCUT2D eigenvalue weighted by atomic mass is 16.5. The van der Waals surface area contributed by atoms with E-state index in [4.69, 9.17) is 14.2 Å². The van der Waals surface area contributed by atoms with E-state index in [0.717, 1.165) is 22.7 Å². The second-order valence-corrected chi connectivity index (χ2v) is 4.50. The summed E-state index contributed by atoms with van der Waals surface area (Å²) in [6.07, 6.45) is 0. The minimum atomic E-state index is 0.544. The molecule has 0 amide bonds. The zero-order valence-corrected chi connectivity index (χ0v) is 12.5. The second kappa shape index (κ2) is 8.17. The zero-order chi connectivity index (χ0) is 14.9. The first-order valence-electron chi connectivity index (χ1n) is 6.91. The van der Waals surface area contributed by atoms with Crippen molar-refractivity contribution in [1.29, 1.82) is 0 Å². The van der Waals surface area contributed by atoms with Crippen LogP contribution in [0.5, 0.6) is 11.5 Å². The van der Waals surface area contributed by atoms with E-state index in [-0.39, 0.29) is 0 Å². The third kappa shape index (κ3) is 4.39. The molecule has 0 heterocycles. The summed E-state index contributed by atoms with van der Waals surface area (Å²) in [7, 11) is 3.33. The molecule has 0 bridgehead atoms. The molecule has 0 unspecified atom stereocenters. The maximum absolute atomic E-state index is 5.73. The fraction of sp³-hybridized carbons (Fsp3) is 0.294. The number of ether oxygens (including phenoxy) is 3. The van der Waals surface area contributed by atoms with Gasteiger partial charge in [0.15, 0.2) is 0 Å². The van der Waals surface area contributed by atoms with Gasteiger partial charge < -0.3 is 19.5 Å². The lowest BCUT2D eigenvalue weighted by Gasteiger charge is -2.14. The van der Waals surface area contributed by atoms with Crippen molar-refractivity contribution in [3.05, 3.63) is 54.1 Å². The first-order valence-corrected chi connectivity index (χ1v) is 6.91. The summed E-state index contributed by atoms with van der Waals surface area (Å²) < 4.78 is 16.1. The van der Waals surface area contributed by atoms with Gasteiger partial charge in [-0.25, -0.2) is 0 Å². The molecule has 4 heteroatoms. The summed E-state index contributed by atoms with van der Waals surface area (Å²) in [6, 6.07) is 15.8. The highest BCUT2D eigenvalue weighted by Gasteiger charge is 2.05. The maximum Gasteiger partial charge on any atom is 0.141 e. The summed E-state index contributed by atoms with van der Waals surface area (Å²) in [5.74, 6) is 1.70. The molecule has 0 aliphatic rings. The van der Waals surface area contributed by atoms with Gasteiger partial charge in [0.1, 0.15) is 18.1 Å². The summed E-state index contributed by atoms with van der Waals surface area (Å²) >= 11 is 0. The minimum absolute atomic E-state index is 0.544. The zero-order valence-electron chi connectivity index (χ0n) is 12.5. The van der Waals surface area contributed by atoms with Crippen LogP contribution in [0.1, 0.15) is 5.56 Å². The van der Waals surface area contributed by atoms with E-state index >= 15 is 0 Å². The van der Waals surface area contributed by atoms with Gasteiger partial charge in [0.05, 0.1) is 19.4 Å². The van der Waals surface area contributed by atoms with Gasteiger partial charge in [-0.2, -0.15) is 0 Å². The predicted octanol–water partition coefficient (Wildman–Crippen LogP) is 3.33. The highest BCUT2D eigenvalue weighted by Crippen LogP contribution is 2.25. The number of rotatable bonds is 8. The van der Waals surface area contributed by atoms with Crippen molar-refractivity contribution in [1.82, 2.24) is 0 Å². The van der Waals surface area contributed by atoms with Crippen LogP contribution in [0, 0.1) is 0 Å². The highest BCUT2D eigenvalue weighted by molar-refractivity contribution is 5.56. The molecule has 2 aromatic carbocycles. The molecule has 21 heavy (non-hydrogen) atoms. The predicted molar refractivity (Wildman–Crippen MR) is 84.1 cm³/mol. The van der Waals surface area contributed by atoms with Crippen molar-refractivity contribution in [2.24, 2.45) is 0 Å². The number of anilines is 1. The van der Waals surface area contributed by atoms with Gasteiger partial charge in [-0.3, -0.25) is 0 Å². The summed E-state index contributed by atoms with van der Waals surface area (Å²) in [5, 5.41) is 3.38. The molecule has 2 rings (SSSR count). The van der Waals surface area contributed by atoms with Crippen LogP contribution in [-0.2, 0) is 11.3 Å². The lowest BCUT2D eigenvalue weighted by molar-refractivity contribution is 0.146. The Kier molecular flexibility index (Phi) is 5.91. The van der Waals surface area contributed by atoms with E-state index in [9.17, 15) is 0 Å². The van der Waals surface area contributed by atoms with Gasteiger partial charge in [-0.05, 0) is 18.2 Å². The van der Waals surface area contributed by atoms with Crippen LogP contribution in [0.2, 0.25) is 0 Å². The molecule has 112 valence electrons. The maximum atomic E-state index is 5.73. The van der Waals surface area contributed by atoms with Crippen LogP contribution in [-0.4, -0.2) is 27.4 Å². The molecular weight excluding hydrogens is 266 g/mol. The fourth-order valence-corrected chi connectivity index (χ4v) is 2.01. The molecule has 0 saturated heterocycles. The van der Waals surface area contributed by atoms with E-state index in [1.54, 1.807) is 14.2 Å². The molecule has 0 aliphatic heterocycles. The molecule has 0 aromatic heterocycles. The standard InChI is InChI=1S/C17H21NO3/c1-19-11-12-21-16-9-5-3-7-14(16)13-18-15-8-4-6-10-17(15)20-2/h3-10,18H,11-13H2,1-2H3. The molecular formula is C17H21NO3. The number of benzene rings is 2. The normalized spacial score (nSPS) is 10.2. The van der Waals surface area contributed by atoms with Gasteiger partial charge in [0.25, 0.3) is 0 Å². The number of methoxy groups -OCH3 is 2. The van der Waals surface area contributed by atoms with E-state index < -0.39 is 0 Å². The van der Waals surface area contributed by atoms with Crippen LogP contribution in [0.3, 0.4) is 0 Å². The minimum Gasteiger partial charge on any atom is -0.495 e. The third-order valence-electron chi connectivity index (χ3n) is 3.09. The first kappa shape index (κ1) is 15.2. The molecule has 0 radical (unpaired) electrons. The quantitative estimate of drug-likeness (QED) is 0.756. The summed E-state index contributed by atoms with van der Waals surface area (Å²) in [4.78, 5) is 0. The number of hydrogen-bond acceptors (Lipinski definition) is 4. The Morgan fingerprint density at radius 1 is 0.857 bits per heavy atom. The lowest BCUT2D eigenvalue weighted by Crippen LogP contribution is -2.08. The average Bonchev–Trinajstić information content (AvgIpc) is 2.54. The smallest absolute Gasteiger partial charge is 0.141 e. The Bertz CT molecular complexity index is 557. The van der Waals surface area contributed by atoms with E-state index in [1.807, 2.05) is 48.5 Å². The van der Waals surface area contributed by atoms with E-state index in [2.05, 4.69) is 5.32 Å². The molecule has 0 aliphatic carbocycles. The molecule has 0 spiro atoms. The van der Waals surface area contributed by atoms with E-state index in [0.29, 0.717) is 19.8 Å². The van der Waals surface area contributed by atoms with Crippen LogP contribution >= 0.6 is 0 Å². The molecule has 0 atom stereocenters. The molecule has 0 fully saturated rings. The van der Waals surface area contributed by atoms with Crippen molar-refractivity contribution in [3.63, 3.8) is 0 Å². The summed E-state index contributed by atoms with van der Waals surface area (Å²) in [6.45, 7) is 1.79. The van der Waals surface area contributed by atoms with Crippen LogP contribution in [0.25, 0.3) is 0 Å². The van der Waals surface area contributed by atoms with Crippen molar-refractivity contribution >= 4 is 5.69 Å². The van der Waals surface area contributed by atoms with Crippen molar-refractivity contribution in [3.8, 4) is 11.5 Å². The molecule has 4 nitrogen and oxygen atoms in total. The Morgan fingerprint density at radius 2 is 1.57 bits per heavy atom. The van der Waals surface area contributed by atoms with Gasteiger partial charge in [-0.15, -0.1) is 0 Å². The topological polar surface area (TPSA) is 39.7 Å². The molecule has 0 saturated carbocycles. The molecule has 1 N–H and O–H groups in total. The largest absolute Gasteiger partial charge is 0.495 e. The Hall–Kier alpha value is -2.20. The average molecular weight is 287 g/mol. The first-order chi connectivity index (χ1) is 10.3. The van der Waals surface area contributed by atoms with Gasteiger partial charge in [-0.1, -0.05) is 30.3 Å².